The predicted molar refractivity (Wildman–Crippen MR) is 46.1 cm³/mol. The molecule has 0 heterocycles. The zero-order valence-corrected chi connectivity index (χ0v) is 13.7. The van der Waals surface area contributed by atoms with Crippen molar-refractivity contribution in [2.24, 2.45) is 0 Å². The van der Waals surface area contributed by atoms with E-state index < -0.39 is 33.7 Å². The van der Waals surface area contributed by atoms with E-state index in [0.29, 0.717) is 0 Å². The van der Waals surface area contributed by atoms with E-state index in [1.807, 2.05) is 18.2 Å². The van der Waals surface area contributed by atoms with Gasteiger partial charge < -0.3 is 0 Å². The van der Waals surface area contributed by atoms with Crippen molar-refractivity contribution >= 4 is 21.7 Å². The van der Waals surface area contributed by atoms with Crippen LogP contribution in [0.1, 0.15) is 0 Å². The van der Waals surface area contributed by atoms with Gasteiger partial charge in [0, 0.05) is 0 Å². The molecular weight excluding hydrogens is 404 g/mol. The van der Waals surface area contributed by atoms with Crippen LogP contribution < -0.4 is 3.07 Å². The third-order valence-electron chi connectivity index (χ3n) is 0.997. The number of hydrogen-bond acceptors (Lipinski definition) is 2. The van der Waals surface area contributed by atoms with Gasteiger partial charge in [0.25, 0.3) is 0 Å². The standard InChI is InChI=1S/C6H5.ClH.Hg.H2O4S/c1-2-4-6-5-3-1;;;1-5(2,3)4/h1-5H;1H;;(H2,1,2,3,4)/q;;+1;/p-1. The molecule has 0 aliphatic rings. The number of benzene rings is 1. The van der Waals surface area contributed by atoms with E-state index in [4.69, 9.17) is 25.8 Å². The number of rotatable bonds is 1. The van der Waals surface area contributed by atoms with Gasteiger partial charge in [0.15, 0.2) is 0 Å². The van der Waals surface area contributed by atoms with Crippen molar-refractivity contribution in [1.29, 1.82) is 0 Å². The first-order chi connectivity index (χ1) is 5.93. The van der Waals surface area contributed by atoms with Gasteiger partial charge in [0.2, 0.25) is 0 Å². The quantitative estimate of drug-likeness (QED) is 0.532. The fourth-order valence-corrected chi connectivity index (χ4v) is 3.88. The zero-order chi connectivity index (χ0) is 10.3. The molecule has 0 bridgehead atoms. The second-order valence-electron chi connectivity index (χ2n) is 2.07. The maximum absolute atomic E-state index is 8.74. The summed E-state index contributed by atoms with van der Waals surface area (Å²) in [4.78, 5) is 0. The van der Waals surface area contributed by atoms with Gasteiger partial charge in [-0.25, -0.2) is 0 Å². The average molecular weight is 411 g/mol. The van der Waals surface area contributed by atoms with Crippen LogP contribution in [0.25, 0.3) is 0 Å². The van der Waals surface area contributed by atoms with Crippen LogP contribution in [-0.2, 0) is 33.7 Å². The van der Waals surface area contributed by atoms with Crippen molar-refractivity contribution in [1.82, 2.24) is 0 Å². The summed E-state index contributed by atoms with van der Waals surface area (Å²) in [7, 11) is 1.08. The summed E-state index contributed by atoms with van der Waals surface area (Å²) in [5, 5.41) is 0. The Balaban J connectivity index is 0.000000252. The molecule has 1 rings (SSSR count). The van der Waals surface area contributed by atoms with Gasteiger partial charge in [-0.2, -0.15) is 8.42 Å². The van der Waals surface area contributed by atoms with Crippen LogP contribution in [0.3, 0.4) is 0 Å². The van der Waals surface area contributed by atoms with Crippen LogP contribution in [0.15, 0.2) is 30.3 Å². The molecule has 0 aliphatic carbocycles. The molecule has 7 heteroatoms. The summed E-state index contributed by atoms with van der Waals surface area (Å²) in [6.45, 7) is 0. The van der Waals surface area contributed by atoms with Gasteiger partial charge in [-0.15, -0.1) is 0 Å². The number of halogens is 1. The van der Waals surface area contributed by atoms with E-state index in [2.05, 4.69) is 12.1 Å². The van der Waals surface area contributed by atoms with Crippen LogP contribution in [0.2, 0.25) is 0 Å². The van der Waals surface area contributed by atoms with E-state index in [1.165, 1.54) is 3.07 Å². The zero-order valence-electron chi connectivity index (χ0n) is 6.59. The van der Waals surface area contributed by atoms with Crippen LogP contribution in [0.5, 0.6) is 0 Å². The Bertz CT molecular complexity index is 318. The molecule has 0 unspecified atom stereocenters. The summed E-state index contributed by atoms with van der Waals surface area (Å²) >= 11 is -1.07. The Labute approximate surface area is 92.4 Å². The van der Waals surface area contributed by atoms with Crippen molar-refractivity contribution in [2.45, 2.75) is 0 Å². The minimum absolute atomic E-state index is 1.07. The van der Waals surface area contributed by atoms with Crippen LogP contribution in [-0.4, -0.2) is 17.5 Å². The predicted octanol–water partition coefficient (Wildman–Crippen LogP) is 0.895. The van der Waals surface area contributed by atoms with Crippen molar-refractivity contribution in [2.75, 3.05) is 0 Å². The summed E-state index contributed by atoms with van der Waals surface area (Å²) in [5.74, 6) is 0. The molecule has 0 aliphatic heterocycles. The minimum atomic E-state index is -4.67. The summed E-state index contributed by atoms with van der Waals surface area (Å²) in [5.41, 5.74) is 0. The molecule has 13 heavy (non-hydrogen) atoms. The molecule has 70 valence electrons. The van der Waals surface area contributed by atoms with Crippen LogP contribution >= 0.6 is 8.25 Å². The van der Waals surface area contributed by atoms with Gasteiger partial charge in [-0.05, 0) is 0 Å². The van der Waals surface area contributed by atoms with E-state index >= 15 is 0 Å². The van der Waals surface area contributed by atoms with Gasteiger partial charge in [-0.1, -0.05) is 0 Å². The Morgan fingerprint density at radius 1 is 1.15 bits per heavy atom. The maximum atomic E-state index is 8.74. The molecule has 1 aromatic carbocycles. The SMILES string of the molecule is O=S(=O)(O)O.[Cl][Hg][c]1ccccc1. The Kier molecular flexibility index (Phi) is 6.89. The molecule has 2 N–H and O–H groups in total. The van der Waals surface area contributed by atoms with E-state index in [0.717, 1.165) is 0 Å². The van der Waals surface area contributed by atoms with Crippen LogP contribution in [0.4, 0.5) is 0 Å². The Morgan fingerprint density at radius 3 is 1.77 bits per heavy atom. The van der Waals surface area contributed by atoms with Gasteiger partial charge in [-0.3, -0.25) is 9.11 Å². The normalized spacial score (nSPS) is 9.46. The first kappa shape index (κ1) is 13.3. The fourth-order valence-electron chi connectivity index (χ4n) is 0.567. The first-order valence-corrected chi connectivity index (χ1v) is 14.1. The van der Waals surface area contributed by atoms with Crippen molar-refractivity contribution in [3.63, 3.8) is 0 Å². The second-order valence-corrected chi connectivity index (χ2v) is 9.52. The third kappa shape index (κ3) is 12.3. The molecule has 4 nitrogen and oxygen atoms in total. The Hall–Kier alpha value is 0.315. The molecular formula is C6H7ClHgO4S. The van der Waals surface area contributed by atoms with E-state index in [9.17, 15) is 0 Å². The average Bonchev–Trinajstić information content (AvgIpc) is 2.03. The molecule has 1 aromatic rings. The van der Waals surface area contributed by atoms with E-state index in [-0.39, 0.29) is 0 Å². The van der Waals surface area contributed by atoms with Crippen LogP contribution in [0, 0.1) is 0 Å². The Morgan fingerprint density at radius 2 is 1.54 bits per heavy atom. The fraction of sp³-hybridized carbons (Fsp3) is 0. The van der Waals surface area contributed by atoms with Gasteiger partial charge >= 0.3 is 75.4 Å². The summed E-state index contributed by atoms with van der Waals surface area (Å²) < 4.78 is 33.0. The second kappa shape index (κ2) is 6.72. The van der Waals surface area contributed by atoms with Crippen molar-refractivity contribution in [3.05, 3.63) is 30.3 Å². The molecule has 0 amide bonds. The molecule has 0 aromatic heterocycles. The van der Waals surface area contributed by atoms with Gasteiger partial charge in [0.1, 0.15) is 0 Å². The van der Waals surface area contributed by atoms with Crippen molar-refractivity contribution in [3.8, 4) is 0 Å². The number of hydrogen-bond donors (Lipinski definition) is 2. The third-order valence-corrected chi connectivity index (χ3v) is 6.74. The molecule has 0 saturated carbocycles. The van der Waals surface area contributed by atoms with Crippen molar-refractivity contribution < 1.29 is 40.9 Å². The summed E-state index contributed by atoms with van der Waals surface area (Å²) in [6.07, 6.45) is 0. The molecule has 0 fully saturated rings. The first-order valence-electron chi connectivity index (χ1n) is 3.23. The summed E-state index contributed by atoms with van der Waals surface area (Å²) in [6, 6.07) is 10.3. The van der Waals surface area contributed by atoms with Gasteiger partial charge in [0.05, 0.1) is 0 Å². The molecule has 0 saturated heterocycles. The van der Waals surface area contributed by atoms with E-state index in [1.54, 1.807) is 0 Å². The molecule has 0 atom stereocenters. The molecule has 0 spiro atoms. The monoisotopic (exact) mass is 412 g/mol. The molecule has 0 radical (unpaired) electrons. The topological polar surface area (TPSA) is 74.6 Å².